The fourth-order valence-electron chi connectivity index (χ4n) is 2.81. The number of carbonyl (C=O) groups excluding carboxylic acids is 2. The van der Waals surface area contributed by atoms with Gasteiger partial charge in [0.25, 0.3) is 0 Å². The highest BCUT2D eigenvalue weighted by molar-refractivity contribution is 6.01. The van der Waals surface area contributed by atoms with Gasteiger partial charge in [-0.15, -0.1) is 0 Å². The average Bonchev–Trinajstić information content (AvgIpc) is 2.97. The van der Waals surface area contributed by atoms with Crippen LogP contribution in [0.4, 0.5) is 24.7 Å². The Balaban J connectivity index is 0.000000370. The van der Waals surface area contributed by atoms with Crippen molar-refractivity contribution in [2.24, 2.45) is 11.7 Å². The molecular formula is C17H18F3N5O4. The first-order chi connectivity index (χ1) is 13.4. The smallest absolute Gasteiger partial charge is 0.475 e. The largest absolute Gasteiger partial charge is 0.490 e. The average molecular weight is 413 g/mol. The highest BCUT2D eigenvalue weighted by Gasteiger charge is 2.38. The molecule has 2 amide bonds. The molecule has 156 valence electrons. The molecule has 1 aromatic heterocycles. The van der Waals surface area contributed by atoms with E-state index < -0.39 is 24.0 Å². The van der Waals surface area contributed by atoms with Crippen molar-refractivity contribution < 1.29 is 32.7 Å². The minimum Gasteiger partial charge on any atom is -0.475 e. The van der Waals surface area contributed by atoms with Crippen LogP contribution in [0.15, 0.2) is 24.4 Å². The maximum absolute atomic E-state index is 12.1. The first kappa shape index (κ1) is 21.7. The molecule has 0 saturated carbocycles. The van der Waals surface area contributed by atoms with Gasteiger partial charge in [-0.05, 0) is 35.6 Å². The number of nitrogens with zero attached hydrogens (tertiary/aromatic N) is 2. The van der Waals surface area contributed by atoms with Crippen LogP contribution in [0.2, 0.25) is 0 Å². The highest BCUT2D eigenvalue weighted by Crippen LogP contribution is 2.28. The summed E-state index contributed by atoms with van der Waals surface area (Å²) in [5.74, 6) is -3.89. The second-order valence-corrected chi connectivity index (χ2v) is 6.27. The number of carboxylic acids is 1. The number of pyridine rings is 1. The van der Waals surface area contributed by atoms with Crippen molar-refractivity contribution in [3.8, 4) is 0 Å². The Bertz CT molecular complexity index is 964. The van der Waals surface area contributed by atoms with Crippen LogP contribution in [0.3, 0.4) is 0 Å². The van der Waals surface area contributed by atoms with E-state index >= 15 is 0 Å². The van der Waals surface area contributed by atoms with Gasteiger partial charge in [-0.1, -0.05) is 0 Å². The van der Waals surface area contributed by atoms with E-state index in [1.807, 2.05) is 18.2 Å². The van der Waals surface area contributed by atoms with Gasteiger partial charge in [-0.25, -0.2) is 9.78 Å². The maximum atomic E-state index is 12.1. The Morgan fingerprint density at radius 3 is 2.41 bits per heavy atom. The molecule has 0 radical (unpaired) electrons. The molecule has 9 nitrogen and oxygen atoms in total. The van der Waals surface area contributed by atoms with E-state index in [9.17, 15) is 22.8 Å². The second-order valence-electron chi connectivity index (χ2n) is 6.27. The van der Waals surface area contributed by atoms with E-state index in [1.165, 1.54) is 0 Å². The highest BCUT2D eigenvalue weighted by atomic mass is 19.4. The van der Waals surface area contributed by atoms with E-state index in [4.69, 9.17) is 27.1 Å². The molecule has 2 heterocycles. The number of halogens is 3. The number of alkyl halides is 3. The van der Waals surface area contributed by atoms with Gasteiger partial charge < -0.3 is 27.2 Å². The summed E-state index contributed by atoms with van der Waals surface area (Å²) in [5.41, 5.74) is 18.5. The first-order valence-corrected chi connectivity index (χ1v) is 8.22. The molecule has 1 aromatic carbocycles. The van der Waals surface area contributed by atoms with Crippen molar-refractivity contribution in [2.75, 3.05) is 18.0 Å². The van der Waals surface area contributed by atoms with Crippen LogP contribution in [-0.2, 0) is 20.9 Å². The lowest BCUT2D eigenvalue weighted by Gasteiger charge is -2.18. The van der Waals surface area contributed by atoms with Crippen LogP contribution in [-0.4, -0.2) is 45.5 Å². The van der Waals surface area contributed by atoms with Crippen LogP contribution in [0.25, 0.3) is 10.8 Å². The Morgan fingerprint density at radius 2 is 1.90 bits per heavy atom. The Kier molecular flexibility index (Phi) is 6.15. The first-order valence-electron chi connectivity index (χ1n) is 8.22. The lowest BCUT2D eigenvalue weighted by atomic mass is 10.1. The van der Waals surface area contributed by atoms with Crippen LogP contribution in [0.5, 0.6) is 0 Å². The number of carboxylic acid groups (broad SMARTS) is 1. The minimum atomic E-state index is -5.08. The van der Waals surface area contributed by atoms with E-state index in [1.54, 1.807) is 11.1 Å². The van der Waals surface area contributed by atoms with Gasteiger partial charge in [0, 0.05) is 30.4 Å². The number of aliphatic carboxylic acids is 1. The zero-order chi connectivity index (χ0) is 21.9. The summed E-state index contributed by atoms with van der Waals surface area (Å²) in [4.78, 5) is 37.9. The minimum absolute atomic E-state index is 0.244. The molecular weight excluding hydrogens is 395 g/mol. The van der Waals surface area contributed by atoms with Gasteiger partial charge in [0.15, 0.2) is 0 Å². The Hall–Kier alpha value is -3.57. The van der Waals surface area contributed by atoms with Crippen molar-refractivity contribution in [3.05, 3.63) is 30.0 Å². The molecule has 0 spiro atoms. The molecule has 0 aliphatic carbocycles. The Morgan fingerprint density at radius 1 is 1.28 bits per heavy atom. The number of benzene rings is 1. The second kappa shape index (κ2) is 8.20. The fraction of sp³-hybridized carbons (Fsp3) is 0.294. The molecule has 1 aliphatic heterocycles. The van der Waals surface area contributed by atoms with Crippen molar-refractivity contribution in [1.82, 2.24) is 9.88 Å². The summed E-state index contributed by atoms with van der Waals surface area (Å²) in [6, 6.07) is 5.49. The number of hydrogen-bond donors (Lipinski definition) is 4. The van der Waals surface area contributed by atoms with Gasteiger partial charge in [0.2, 0.25) is 11.8 Å². The molecule has 1 saturated heterocycles. The Labute approximate surface area is 162 Å². The molecule has 1 fully saturated rings. The summed E-state index contributed by atoms with van der Waals surface area (Å²) in [5, 5.41) is 8.82. The molecule has 1 atom stereocenters. The summed E-state index contributed by atoms with van der Waals surface area (Å²) in [6.07, 6.45) is -3.01. The van der Waals surface area contributed by atoms with Gasteiger partial charge in [-0.2, -0.15) is 13.2 Å². The molecule has 0 unspecified atom stereocenters. The van der Waals surface area contributed by atoms with Crippen LogP contribution in [0, 0.1) is 5.92 Å². The number of likely N-dealkylation sites (tertiary alicyclic amines) is 1. The number of nitrogen functional groups attached to an aromatic ring is 2. The molecule has 2 aromatic rings. The summed E-state index contributed by atoms with van der Waals surface area (Å²) in [6.45, 7) is 0.825. The molecule has 12 heteroatoms. The van der Waals surface area contributed by atoms with Gasteiger partial charge in [0.1, 0.15) is 11.7 Å². The number of hydrogen-bond acceptors (Lipinski definition) is 6. The van der Waals surface area contributed by atoms with Gasteiger partial charge in [0.05, 0.1) is 0 Å². The SMILES string of the molecule is NC(=O)[C@@H]1CCN(Cc2cc3c(N)nccc3cc2N)C1=O.O=C(O)C(F)(F)F. The third-order valence-corrected chi connectivity index (χ3v) is 4.30. The number of nitrogens with two attached hydrogens (primary N) is 3. The standard InChI is InChI=1S/C15H17N5O2.C2HF3O2/c16-12-6-8-1-3-19-13(17)11(8)5-9(12)7-20-4-2-10(14(18)21)15(20)22;3-2(4,5)1(6)7/h1,3,5-6,10H,2,4,7,16H2,(H2,17,19)(H2,18,21);(H,6,7)/t10-;/m0./s1. The fourth-order valence-corrected chi connectivity index (χ4v) is 2.81. The van der Waals surface area contributed by atoms with Crippen molar-refractivity contribution in [1.29, 1.82) is 0 Å². The monoisotopic (exact) mass is 413 g/mol. The number of aromatic nitrogens is 1. The van der Waals surface area contributed by atoms with Gasteiger partial charge >= 0.3 is 12.1 Å². The summed E-state index contributed by atoms with van der Waals surface area (Å²) < 4.78 is 31.7. The number of carbonyl (C=O) groups is 3. The maximum Gasteiger partial charge on any atom is 0.490 e. The van der Waals surface area contributed by atoms with Crippen LogP contribution in [0.1, 0.15) is 12.0 Å². The van der Waals surface area contributed by atoms with E-state index in [0.717, 1.165) is 16.3 Å². The van der Waals surface area contributed by atoms with Crippen molar-refractivity contribution >= 4 is 40.1 Å². The van der Waals surface area contributed by atoms with E-state index in [-0.39, 0.29) is 5.91 Å². The quantitative estimate of drug-likeness (QED) is 0.428. The lowest BCUT2D eigenvalue weighted by Crippen LogP contribution is -2.33. The number of rotatable bonds is 3. The predicted molar refractivity (Wildman–Crippen MR) is 97.0 cm³/mol. The van der Waals surface area contributed by atoms with E-state index in [2.05, 4.69) is 4.98 Å². The van der Waals surface area contributed by atoms with Crippen molar-refractivity contribution in [2.45, 2.75) is 19.1 Å². The predicted octanol–water partition coefficient (Wildman–Crippen LogP) is 0.866. The van der Waals surface area contributed by atoms with Gasteiger partial charge in [-0.3, -0.25) is 9.59 Å². The molecule has 7 N–H and O–H groups in total. The van der Waals surface area contributed by atoms with Crippen molar-refractivity contribution in [3.63, 3.8) is 0 Å². The summed E-state index contributed by atoms with van der Waals surface area (Å²) in [7, 11) is 0. The molecule has 29 heavy (non-hydrogen) atoms. The zero-order valence-corrected chi connectivity index (χ0v) is 14.9. The normalized spacial score (nSPS) is 16.4. The zero-order valence-electron chi connectivity index (χ0n) is 14.9. The van der Waals surface area contributed by atoms with Crippen LogP contribution < -0.4 is 17.2 Å². The number of fused-ring (bicyclic) bond motifs is 1. The topological polar surface area (TPSA) is 166 Å². The molecule has 0 bridgehead atoms. The number of anilines is 2. The molecule has 1 aliphatic rings. The number of primary amides is 1. The number of amides is 2. The summed E-state index contributed by atoms with van der Waals surface area (Å²) >= 11 is 0. The third kappa shape index (κ3) is 5.03. The lowest BCUT2D eigenvalue weighted by molar-refractivity contribution is -0.192. The van der Waals surface area contributed by atoms with Crippen LogP contribution >= 0.6 is 0 Å². The van der Waals surface area contributed by atoms with E-state index in [0.29, 0.717) is 31.0 Å². The molecule has 3 rings (SSSR count). The third-order valence-electron chi connectivity index (χ3n) is 4.30.